The molecule has 2 heterocycles. The SMILES string of the molecule is O=C(CN1C(=O)S/C(=C/c2ccccc2Oc2ccc([N+](=O)[O-])cc2[N+](=O)[O-])C1=O)N1CCc2ccccc2C1. The first-order valence-corrected chi connectivity index (χ1v) is 12.8. The predicted octanol–water partition coefficient (Wildman–Crippen LogP) is 4.92. The van der Waals surface area contributed by atoms with Gasteiger partial charge in [-0.1, -0.05) is 42.5 Å². The largest absolute Gasteiger partial charge is 0.449 e. The van der Waals surface area contributed by atoms with Crippen molar-refractivity contribution in [2.24, 2.45) is 0 Å². The van der Waals surface area contributed by atoms with Crippen LogP contribution >= 0.6 is 11.8 Å². The molecule has 0 aromatic heterocycles. The van der Waals surface area contributed by atoms with Gasteiger partial charge in [0, 0.05) is 24.7 Å². The van der Waals surface area contributed by atoms with E-state index in [1.165, 1.54) is 17.7 Å². The van der Waals surface area contributed by atoms with Gasteiger partial charge in [-0.3, -0.25) is 39.5 Å². The van der Waals surface area contributed by atoms with Crippen LogP contribution in [0.5, 0.6) is 11.5 Å². The Morgan fingerprint density at radius 3 is 2.42 bits per heavy atom. The summed E-state index contributed by atoms with van der Waals surface area (Å²) in [7, 11) is 0. The molecule has 5 rings (SSSR count). The molecule has 2 aliphatic rings. The summed E-state index contributed by atoms with van der Waals surface area (Å²) in [4.78, 5) is 62.3. The molecule has 0 atom stereocenters. The maximum Gasteiger partial charge on any atom is 0.318 e. The van der Waals surface area contributed by atoms with Crippen LogP contribution in [0.4, 0.5) is 16.2 Å². The van der Waals surface area contributed by atoms with Gasteiger partial charge >= 0.3 is 5.69 Å². The van der Waals surface area contributed by atoms with Gasteiger partial charge in [0.25, 0.3) is 16.8 Å². The van der Waals surface area contributed by atoms with E-state index in [2.05, 4.69) is 0 Å². The van der Waals surface area contributed by atoms with Gasteiger partial charge in [0.05, 0.1) is 20.8 Å². The number of hydrogen-bond donors (Lipinski definition) is 0. The van der Waals surface area contributed by atoms with Crippen LogP contribution < -0.4 is 4.74 Å². The standard InChI is InChI=1S/C27H20N4O8S/c32-25(28-12-11-17-5-1-2-7-19(17)15-28)16-29-26(33)24(40-27(29)34)13-18-6-3-4-8-22(18)39-23-10-9-20(30(35)36)14-21(23)31(37)38/h1-10,13-14H,11-12,15-16H2/b24-13+. The van der Waals surface area contributed by atoms with Crippen molar-refractivity contribution in [3.05, 3.63) is 109 Å². The van der Waals surface area contributed by atoms with E-state index < -0.39 is 38.9 Å². The minimum absolute atomic E-state index is 0.0519. The van der Waals surface area contributed by atoms with Gasteiger partial charge in [-0.25, -0.2) is 0 Å². The van der Waals surface area contributed by atoms with Crippen LogP contribution in [-0.4, -0.2) is 49.8 Å². The first kappa shape index (κ1) is 26.6. The molecule has 3 aromatic rings. The van der Waals surface area contributed by atoms with Crippen LogP contribution in [0.1, 0.15) is 16.7 Å². The molecule has 3 aromatic carbocycles. The third-order valence-corrected chi connectivity index (χ3v) is 7.33. The van der Waals surface area contributed by atoms with Crippen molar-refractivity contribution in [3.63, 3.8) is 0 Å². The fourth-order valence-electron chi connectivity index (χ4n) is 4.38. The Morgan fingerprint density at radius 1 is 0.950 bits per heavy atom. The van der Waals surface area contributed by atoms with Crippen LogP contribution in [0.25, 0.3) is 6.08 Å². The van der Waals surface area contributed by atoms with Crippen molar-refractivity contribution < 1.29 is 29.0 Å². The lowest BCUT2D eigenvalue weighted by atomic mass is 10.00. The molecule has 0 spiro atoms. The molecule has 0 N–H and O–H groups in total. The van der Waals surface area contributed by atoms with Crippen molar-refractivity contribution in [1.82, 2.24) is 9.80 Å². The van der Waals surface area contributed by atoms with E-state index in [0.29, 0.717) is 36.8 Å². The number of rotatable bonds is 7. The number of non-ortho nitro benzene ring substituents is 1. The molecule has 0 unspecified atom stereocenters. The molecule has 0 saturated carbocycles. The fourth-order valence-corrected chi connectivity index (χ4v) is 5.21. The molecule has 12 nitrogen and oxygen atoms in total. The lowest BCUT2D eigenvalue weighted by Crippen LogP contribution is -2.44. The van der Waals surface area contributed by atoms with E-state index in [0.717, 1.165) is 28.7 Å². The Balaban J connectivity index is 1.34. The predicted molar refractivity (Wildman–Crippen MR) is 145 cm³/mol. The minimum atomic E-state index is -0.797. The van der Waals surface area contributed by atoms with Gasteiger partial charge in [-0.2, -0.15) is 0 Å². The molecule has 0 bridgehead atoms. The number of carbonyl (C=O) groups excluding carboxylic acids is 3. The van der Waals surface area contributed by atoms with Gasteiger partial charge in [0.2, 0.25) is 11.7 Å². The smallest absolute Gasteiger partial charge is 0.318 e. The molecular weight excluding hydrogens is 540 g/mol. The first-order valence-electron chi connectivity index (χ1n) is 12.0. The quantitative estimate of drug-likeness (QED) is 0.223. The number of ether oxygens (including phenoxy) is 1. The number of thioether (sulfide) groups is 1. The van der Waals surface area contributed by atoms with Crippen LogP contribution in [0, 0.1) is 20.2 Å². The highest BCUT2D eigenvalue weighted by atomic mass is 32.2. The molecular formula is C27H20N4O8S. The number of nitro benzene ring substituents is 2. The Hall–Kier alpha value is -5.04. The molecule has 2 aliphatic heterocycles. The number of carbonyl (C=O) groups is 3. The highest BCUT2D eigenvalue weighted by Crippen LogP contribution is 2.38. The molecule has 202 valence electrons. The topological polar surface area (TPSA) is 153 Å². The third-order valence-electron chi connectivity index (χ3n) is 6.43. The van der Waals surface area contributed by atoms with Gasteiger partial charge in [-0.15, -0.1) is 0 Å². The van der Waals surface area contributed by atoms with Gasteiger partial charge < -0.3 is 9.64 Å². The summed E-state index contributed by atoms with van der Waals surface area (Å²) in [6.45, 7) is 0.499. The summed E-state index contributed by atoms with van der Waals surface area (Å²) in [5.74, 6) is -1.10. The normalized spacial score (nSPS) is 15.8. The average Bonchev–Trinajstić information content (AvgIpc) is 3.20. The van der Waals surface area contributed by atoms with Crippen LogP contribution in [0.3, 0.4) is 0 Å². The maximum absolute atomic E-state index is 13.1. The average molecular weight is 561 g/mol. The second-order valence-electron chi connectivity index (χ2n) is 8.91. The van der Waals surface area contributed by atoms with E-state index in [4.69, 9.17) is 4.74 Å². The maximum atomic E-state index is 13.1. The van der Waals surface area contributed by atoms with Crippen molar-refractivity contribution in [1.29, 1.82) is 0 Å². The Bertz CT molecular complexity index is 1600. The van der Waals surface area contributed by atoms with Crippen molar-refractivity contribution in [2.45, 2.75) is 13.0 Å². The fraction of sp³-hybridized carbons (Fsp3) is 0.148. The number of fused-ring (bicyclic) bond motifs is 1. The van der Waals surface area contributed by atoms with Crippen molar-refractivity contribution in [2.75, 3.05) is 13.1 Å². The molecule has 3 amide bonds. The second kappa shape index (κ2) is 11.0. The highest BCUT2D eigenvalue weighted by Gasteiger charge is 2.37. The zero-order valence-electron chi connectivity index (χ0n) is 20.7. The molecule has 40 heavy (non-hydrogen) atoms. The van der Waals surface area contributed by atoms with Crippen LogP contribution in [-0.2, 0) is 22.6 Å². The second-order valence-corrected chi connectivity index (χ2v) is 9.90. The van der Waals surface area contributed by atoms with E-state index in [-0.39, 0.29) is 22.3 Å². The van der Waals surface area contributed by atoms with Gasteiger partial charge in [0.1, 0.15) is 12.3 Å². The Labute approximate surface area is 231 Å². The Morgan fingerprint density at radius 2 is 1.68 bits per heavy atom. The van der Waals surface area contributed by atoms with Crippen LogP contribution in [0.15, 0.2) is 71.6 Å². The minimum Gasteiger partial charge on any atom is -0.449 e. The van der Waals surface area contributed by atoms with Crippen LogP contribution in [0.2, 0.25) is 0 Å². The van der Waals surface area contributed by atoms with E-state index in [1.54, 1.807) is 23.1 Å². The van der Waals surface area contributed by atoms with Gasteiger partial charge in [0.15, 0.2) is 0 Å². The first-order chi connectivity index (χ1) is 19.2. The Kier molecular flexibility index (Phi) is 7.29. The van der Waals surface area contributed by atoms with Gasteiger partial charge in [-0.05, 0) is 47.5 Å². The zero-order chi connectivity index (χ0) is 28.4. The number of amides is 3. The molecule has 13 heteroatoms. The highest BCUT2D eigenvalue weighted by molar-refractivity contribution is 8.18. The summed E-state index contributed by atoms with van der Waals surface area (Å²) < 4.78 is 5.72. The summed E-state index contributed by atoms with van der Waals surface area (Å²) in [5, 5.41) is 21.9. The molecule has 0 radical (unpaired) electrons. The molecule has 1 saturated heterocycles. The lowest BCUT2D eigenvalue weighted by Gasteiger charge is -2.29. The number of benzene rings is 3. The van der Waals surface area contributed by atoms with E-state index in [9.17, 15) is 34.6 Å². The number of nitrogens with zero attached hydrogens (tertiary/aromatic N) is 4. The summed E-state index contributed by atoms with van der Waals surface area (Å²) >= 11 is 0.671. The van der Waals surface area contributed by atoms with Crippen molar-refractivity contribution in [3.8, 4) is 11.5 Å². The number of hydrogen-bond acceptors (Lipinski definition) is 9. The number of nitro groups is 2. The third kappa shape index (κ3) is 5.40. The zero-order valence-corrected chi connectivity index (χ0v) is 21.5. The number of para-hydroxylation sites is 1. The summed E-state index contributed by atoms with van der Waals surface area (Å²) in [5.41, 5.74) is 1.45. The van der Waals surface area contributed by atoms with Crippen molar-refractivity contribution >= 4 is 46.3 Å². The van der Waals surface area contributed by atoms with E-state index >= 15 is 0 Å². The number of imide groups is 1. The monoisotopic (exact) mass is 560 g/mol. The van der Waals surface area contributed by atoms with E-state index in [1.807, 2.05) is 24.3 Å². The molecule has 1 fully saturated rings. The summed E-state index contributed by atoms with van der Waals surface area (Å²) in [6.07, 6.45) is 2.09. The summed E-state index contributed by atoms with van der Waals surface area (Å²) in [6, 6.07) is 17.1. The lowest BCUT2D eigenvalue weighted by molar-refractivity contribution is -0.394. The molecule has 0 aliphatic carbocycles.